The Bertz CT molecular complexity index is 1300. The van der Waals surface area contributed by atoms with E-state index >= 15 is 0 Å². The number of alkyl halides is 3. The Morgan fingerprint density at radius 2 is 1.80 bits per heavy atom. The molecule has 0 spiro atoms. The van der Waals surface area contributed by atoms with Crippen molar-refractivity contribution in [3.63, 3.8) is 0 Å². The molecule has 10 nitrogen and oxygen atoms in total. The van der Waals surface area contributed by atoms with Crippen LogP contribution in [0, 0.1) is 0 Å². The van der Waals surface area contributed by atoms with Gasteiger partial charge < -0.3 is 29.8 Å². The summed E-state index contributed by atoms with van der Waals surface area (Å²) in [6.45, 7) is 19.7. The molecule has 2 aromatic rings. The van der Waals surface area contributed by atoms with Crippen molar-refractivity contribution in [1.29, 1.82) is 0 Å². The molecule has 244 valence electrons. The first-order valence-corrected chi connectivity index (χ1v) is 17.9. The van der Waals surface area contributed by atoms with Crippen LogP contribution in [0.2, 0.25) is 25.7 Å². The summed E-state index contributed by atoms with van der Waals surface area (Å²) >= 11 is 0. The zero-order chi connectivity index (χ0) is 33.3. The third-order valence-electron chi connectivity index (χ3n) is 6.11. The van der Waals surface area contributed by atoms with Crippen molar-refractivity contribution in [3.8, 4) is 11.3 Å². The van der Waals surface area contributed by atoms with Crippen LogP contribution in [-0.2, 0) is 16.2 Å². The topological polar surface area (TPSA) is 127 Å². The molecule has 0 bridgehead atoms. The maximum atomic E-state index is 13.9. The number of carbonyl (C=O) groups is 2. The van der Waals surface area contributed by atoms with Crippen molar-refractivity contribution in [2.24, 2.45) is 0 Å². The minimum Gasteiger partial charge on any atom is -0.465 e. The molecule has 4 N–H and O–H groups in total. The van der Waals surface area contributed by atoms with Crippen molar-refractivity contribution >= 4 is 31.6 Å². The number of hydrogen-bond acceptors (Lipinski definition) is 6. The van der Waals surface area contributed by atoms with Gasteiger partial charge in [0.2, 0.25) is 0 Å². The maximum absolute atomic E-state index is 13.9. The van der Waals surface area contributed by atoms with Crippen molar-refractivity contribution in [2.75, 3.05) is 17.2 Å². The van der Waals surface area contributed by atoms with Gasteiger partial charge in [0.05, 0.1) is 11.7 Å². The summed E-state index contributed by atoms with van der Waals surface area (Å²) in [5.74, 6) is 0.371. The van der Waals surface area contributed by atoms with E-state index < -0.39 is 50.5 Å². The van der Waals surface area contributed by atoms with Gasteiger partial charge in [0.25, 0.3) is 0 Å². The third kappa shape index (κ3) is 12.1. The summed E-state index contributed by atoms with van der Waals surface area (Å²) in [7, 11) is -1.39. The molecule has 0 aliphatic heterocycles. The first kappa shape index (κ1) is 36.4. The minimum absolute atomic E-state index is 0.00310. The molecule has 0 fully saturated rings. The van der Waals surface area contributed by atoms with Crippen LogP contribution in [0.1, 0.15) is 45.5 Å². The number of anilines is 2. The second-order valence-corrected chi connectivity index (χ2v) is 18.1. The molecule has 14 heteroatoms. The summed E-state index contributed by atoms with van der Waals surface area (Å²) < 4.78 is 54.7. The Hall–Kier alpha value is -3.78. The van der Waals surface area contributed by atoms with Crippen molar-refractivity contribution in [3.05, 3.63) is 55.5 Å². The summed E-state index contributed by atoms with van der Waals surface area (Å²) in [5.41, 5.74) is -0.144. The largest absolute Gasteiger partial charge is 0.465 e. The fourth-order valence-corrected chi connectivity index (χ4v) is 4.80. The number of carbonyl (C=O) groups excluding carboxylic acids is 1. The molecule has 0 aliphatic carbocycles. The molecule has 1 aromatic carbocycles. The molecular weight excluding hydrogens is 595 g/mol. The number of halogens is 3. The number of hydrogen-bond donors (Lipinski definition) is 4. The molecule has 0 radical (unpaired) electrons. The van der Waals surface area contributed by atoms with E-state index in [0.29, 0.717) is 12.4 Å². The lowest BCUT2D eigenvalue weighted by Gasteiger charge is -2.23. The number of benzene rings is 1. The number of aromatic nitrogens is 2. The summed E-state index contributed by atoms with van der Waals surface area (Å²) in [6.07, 6.45) is -2.45. The van der Waals surface area contributed by atoms with Crippen LogP contribution in [0.5, 0.6) is 0 Å². The monoisotopic (exact) mass is 639 g/mol. The van der Waals surface area contributed by atoms with Crippen LogP contribution in [0.4, 0.5) is 34.1 Å². The Kier molecular flexibility index (Phi) is 12.6. The van der Waals surface area contributed by atoms with Crippen LogP contribution < -0.4 is 16.0 Å². The van der Waals surface area contributed by atoms with Crippen LogP contribution >= 0.6 is 0 Å². The lowest BCUT2D eigenvalue weighted by molar-refractivity contribution is -0.141. The zero-order valence-electron chi connectivity index (χ0n) is 26.2. The van der Waals surface area contributed by atoms with E-state index in [1.165, 1.54) is 18.2 Å². The average Bonchev–Trinajstić information content (AvgIpc) is 3.27. The number of imidazole rings is 1. The molecule has 44 heavy (non-hydrogen) atoms. The number of carboxylic acid groups (broad SMARTS) is 1. The lowest BCUT2D eigenvalue weighted by Crippen LogP contribution is -2.36. The predicted octanol–water partition coefficient (Wildman–Crippen LogP) is 8.01. The zero-order valence-corrected chi connectivity index (χ0v) is 27.2. The Morgan fingerprint density at radius 3 is 2.34 bits per heavy atom. The number of ether oxygens (including phenoxy) is 2. The highest BCUT2D eigenvalue weighted by Crippen LogP contribution is 2.35. The van der Waals surface area contributed by atoms with Crippen molar-refractivity contribution in [2.45, 2.75) is 89.9 Å². The highest BCUT2D eigenvalue weighted by atomic mass is 28.3. The van der Waals surface area contributed by atoms with Gasteiger partial charge in [-0.05, 0) is 57.9 Å². The van der Waals surface area contributed by atoms with E-state index in [9.17, 15) is 27.9 Å². The molecular formula is C30H44F3N5O5Si. The Balaban J connectivity index is 2.64. The van der Waals surface area contributed by atoms with E-state index in [1.807, 2.05) is 0 Å². The summed E-state index contributed by atoms with van der Waals surface area (Å²) in [5, 5.41) is 16.7. The van der Waals surface area contributed by atoms with Gasteiger partial charge in [-0.1, -0.05) is 31.8 Å². The summed E-state index contributed by atoms with van der Waals surface area (Å²) in [6, 6.07) is 2.38. The Labute approximate surface area is 257 Å². The molecule has 0 saturated carbocycles. The predicted molar refractivity (Wildman–Crippen MR) is 169 cm³/mol. The molecule has 1 heterocycles. The van der Waals surface area contributed by atoms with Gasteiger partial charge in [-0.25, -0.2) is 14.6 Å². The minimum atomic E-state index is -4.62. The SMILES string of the molecule is C=CCC(Nc1cc(NC(=O)O)ccc1-c1cn(COCC[Si](C)(C)C)c([C@H](CC=C)NC(=O)OC(C)(C)C)n1)C(F)(F)F. The fraction of sp³-hybridized carbons (Fsp3) is 0.500. The molecule has 2 rings (SSSR count). The van der Waals surface area contributed by atoms with Gasteiger partial charge >= 0.3 is 18.4 Å². The van der Waals surface area contributed by atoms with E-state index in [-0.39, 0.29) is 35.8 Å². The number of alkyl carbamates (subject to hydrolysis) is 1. The maximum Gasteiger partial charge on any atom is 0.409 e. The van der Waals surface area contributed by atoms with E-state index in [1.54, 1.807) is 37.6 Å². The van der Waals surface area contributed by atoms with Gasteiger partial charge in [-0.2, -0.15) is 13.2 Å². The molecule has 2 amide bonds. The molecule has 1 aromatic heterocycles. The standard InChI is InChI=1S/C30H44F3N5O5Si/c1-9-11-22(37-28(41)43-29(3,4)5)26-36-24(18-38(26)19-42-15-16-44(6,7)8)21-14-13-20(34-27(39)40)17-23(21)35-25(12-10-2)30(31,32)33/h9-10,13-14,17-18,22,25,34-35H,1-2,11-12,15-16,19H2,3-8H3,(H,37,41)(H,39,40)/t22-,25?/m0/s1. The first-order valence-electron chi connectivity index (χ1n) is 14.2. The van der Waals surface area contributed by atoms with Gasteiger partial charge in [-0.3, -0.25) is 5.32 Å². The number of nitrogens with zero attached hydrogens (tertiary/aromatic N) is 2. The first-order chi connectivity index (χ1) is 20.3. The van der Waals surface area contributed by atoms with E-state index in [4.69, 9.17) is 14.5 Å². The Morgan fingerprint density at radius 1 is 1.14 bits per heavy atom. The number of rotatable bonds is 15. The molecule has 0 aliphatic rings. The van der Waals surface area contributed by atoms with E-state index in [2.05, 4.69) is 48.7 Å². The fourth-order valence-electron chi connectivity index (χ4n) is 4.05. The van der Waals surface area contributed by atoms with Crippen LogP contribution in [0.3, 0.4) is 0 Å². The molecule has 2 atom stereocenters. The second-order valence-electron chi connectivity index (χ2n) is 12.5. The normalized spacial score (nSPS) is 13.5. The highest BCUT2D eigenvalue weighted by molar-refractivity contribution is 6.76. The lowest BCUT2D eigenvalue weighted by atomic mass is 10.1. The highest BCUT2D eigenvalue weighted by Gasteiger charge is 2.39. The third-order valence-corrected chi connectivity index (χ3v) is 7.82. The van der Waals surface area contributed by atoms with Gasteiger partial charge in [-0.15, -0.1) is 13.2 Å². The van der Waals surface area contributed by atoms with Crippen LogP contribution in [0.25, 0.3) is 11.3 Å². The van der Waals surface area contributed by atoms with Crippen molar-refractivity contribution in [1.82, 2.24) is 14.9 Å². The van der Waals surface area contributed by atoms with Crippen LogP contribution in [-0.4, -0.2) is 59.3 Å². The van der Waals surface area contributed by atoms with E-state index in [0.717, 1.165) is 12.1 Å². The number of nitrogens with one attached hydrogen (secondary N) is 3. The van der Waals surface area contributed by atoms with Crippen LogP contribution in [0.15, 0.2) is 49.7 Å². The molecule has 1 unspecified atom stereocenters. The summed E-state index contributed by atoms with van der Waals surface area (Å²) in [4.78, 5) is 28.7. The quantitative estimate of drug-likeness (QED) is 0.0883. The van der Waals surface area contributed by atoms with Crippen molar-refractivity contribution < 1.29 is 37.3 Å². The molecule has 0 saturated heterocycles. The van der Waals surface area contributed by atoms with Gasteiger partial charge in [0.15, 0.2) is 0 Å². The number of amides is 2. The van der Waals surface area contributed by atoms with Gasteiger partial charge in [0, 0.05) is 37.8 Å². The second kappa shape index (κ2) is 15.3. The smallest absolute Gasteiger partial charge is 0.409 e. The average molecular weight is 640 g/mol. The van der Waals surface area contributed by atoms with Gasteiger partial charge in [0.1, 0.15) is 24.2 Å².